The molecule has 1 atom stereocenters. The van der Waals surface area contributed by atoms with Crippen LogP contribution in [0.1, 0.15) is 32.3 Å². The van der Waals surface area contributed by atoms with Gasteiger partial charge in [0.05, 0.1) is 27.1 Å². The number of sulfonamides is 1. The third kappa shape index (κ3) is 5.69. The third-order valence-electron chi connectivity index (χ3n) is 5.83. The van der Waals surface area contributed by atoms with Crippen molar-refractivity contribution in [2.45, 2.75) is 43.9 Å². The number of amides is 1. The highest BCUT2D eigenvalue weighted by Gasteiger charge is 2.34. The number of aryl methyl sites for hydroxylation is 1. The average molecular weight is 556 g/mol. The predicted molar refractivity (Wildman–Crippen MR) is 137 cm³/mol. The highest BCUT2D eigenvalue weighted by molar-refractivity contribution is 7.91. The number of hydrogen-bond donors (Lipinski definition) is 0. The molecule has 1 unspecified atom stereocenters. The minimum atomic E-state index is -3.73. The van der Waals surface area contributed by atoms with Crippen molar-refractivity contribution in [2.75, 3.05) is 19.7 Å². The van der Waals surface area contributed by atoms with Crippen LogP contribution in [-0.4, -0.2) is 48.9 Å². The number of thiophene rings is 1. The molecule has 0 radical (unpaired) electrons. The smallest absolute Gasteiger partial charge is 0.326 e. The van der Waals surface area contributed by atoms with E-state index in [1.807, 2.05) is 18.2 Å². The van der Waals surface area contributed by atoms with E-state index in [1.165, 1.54) is 21.7 Å². The molecule has 2 aromatic heterocycles. The molecule has 1 aliphatic heterocycles. The Bertz CT molecular complexity index is 1420. The molecule has 8 nitrogen and oxygen atoms in total. The normalized spacial score (nSPS) is 17.7. The topological polar surface area (TPSA) is 98.0 Å². The largest absolute Gasteiger partial charge is 0.465 e. The van der Waals surface area contributed by atoms with Gasteiger partial charge in [-0.2, -0.15) is 9.30 Å². The Morgan fingerprint density at radius 3 is 2.69 bits per heavy atom. The molecular weight excluding hydrogens is 530 g/mol. The summed E-state index contributed by atoms with van der Waals surface area (Å²) >= 11 is 8.26. The lowest BCUT2D eigenvalue weighted by molar-refractivity contribution is -0.143. The van der Waals surface area contributed by atoms with E-state index in [0.717, 1.165) is 33.5 Å². The van der Waals surface area contributed by atoms with Crippen LogP contribution in [0.25, 0.3) is 10.2 Å². The van der Waals surface area contributed by atoms with Crippen LogP contribution in [0, 0.1) is 5.92 Å². The number of carbonyl (C=O) groups excluding carboxylic acids is 2. The maximum Gasteiger partial charge on any atom is 0.326 e. The first kappa shape index (κ1) is 26.0. The Kier molecular flexibility index (Phi) is 8.12. The lowest BCUT2D eigenvalue weighted by Gasteiger charge is -2.29. The summed E-state index contributed by atoms with van der Waals surface area (Å²) in [5.41, 5.74) is 1.94. The van der Waals surface area contributed by atoms with E-state index in [-0.39, 0.29) is 23.9 Å². The van der Waals surface area contributed by atoms with Gasteiger partial charge in [0.1, 0.15) is 10.8 Å². The van der Waals surface area contributed by atoms with Crippen LogP contribution in [0.15, 0.2) is 39.5 Å². The van der Waals surface area contributed by atoms with Gasteiger partial charge in [-0.15, -0.1) is 11.3 Å². The molecule has 12 heteroatoms. The highest BCUT2D eigenvalue weighted by Crippen LogP contribution is 2.31. The molecule has 0 aliphatic carbocycles. The number of nitrogens with zero attached hydrogens (tertiary/aromatic N) is 3. The quantitative estimate of drug-likeness (QED) is 0.409. The third-order valence-corrected chi connectivity index (χ3v) is 10.4. The molecule has 0 N–H and O–H groups in total. The van der Waals surface area contributed by atoms with E-state index in [0.29, 0.717) is 28.5 Å². The van der Waals surface area contributed by atoms with Crippen LogP contribution < -0.4 is 4.80 Å². The molecule has 1 aliphatic rings. The van der Waals surface area contributed by atoms with E-state index < -0.39 is 27.8 Å². The molecule has 1 aromatic carbocycles. The molecule has 0 bridgehead atoms. The summed E-state index contributed by atoms with van der Waals surface area (Å²) in [7, 11) is -3.73. The van der Waals surface area contributed by atoms with Gasteiger partial charge in [0.2, 0.25) is 0 Å². The molecule has 4 rings (SSSR count). The number of halogens is 1. The van der Waals surface area contributed by atoms with Gasteiger partial charge in [0.25, 0.3) is 15.9 Å². The van der Waals surface area contributed by atoms with Crippen LogP contribution >= 0.6 is 34.3 Å². The maximum absolute atomic E-state index is 13.2. The number of benzene rings is 1. The van der Waals surface area contributed by atoms with Gasteiger partial charge < -0.3 is 9.30 Å². The Labute approximate surface area is 216 Å². The standard InChI is InChI=1S/C23H26ClN3O5S3/c1-3-15-7-8-17-18(12-15)33-23(27(17)14-20(28)32-4-2)25-22(29)16-6-5-11-26(13-16)35(30,31)21-10-9-19(24)34-21/h7-10,12,16H,3-6,11,13-14H2,1-2H3. The van der Waals surface area contributed by atoms with E-state index in [1.54, 1.807) is 17.6 Å². The highest BCUT2D eigenvalue weighted by atomic mass is 35.5. The van der Waals surface area contributed by atoms with Crippen molar-refractivity contribution in [3.05, 3.63) is 45.0 Å². The average Bonchev–Trinajstić information content (AvgIpc) is 3.43. The second-order valence-electron chi connectivity index (χ2n) is 8.14. The number of carbonyl (C=O) groups is 2. The number of fused-ring (bicyclic) bond motifs is 1. The summed E-state index contributed by atoms with van der Waals surface area (Å²) in [6.45, 7) is 4.40. The second-order valence-corrected chi connectivity index (χ2v) is 13.0. The fourth-order valence-corrected chi connectivity index (χ4v) is 8.28. The first-order valence-corrected chi connectivity index (χ1v) is 14.8. The van der Waals surface area contributed by atoms with Gasteiger partial charge in [0, 0.05) is 13.1 Å². The zero-order valence-corrected chi connectivity index (χ0v) is 22.6. The Hall–Kier alpha value is -2.05. The summed E-state index contributed by atoms with van der Waals surface area (Å²) in [6, 6.07) is 8.98. The van der Waals surface area contributed by atoms with E-state index >= 15 is 0 Å². The number of thiazole rings is 1. The minimum absolute atomic E-state index is 0.0585. The van der Waals surface area contributed by atoms with Crippen LogP contribution in [0.5, 0.6) is 0 Å². The summed E-state index contributed by atoms with van der Waals surface area (Å²) in [6.07, 6.45) is 1.96. The number of rotatable bonds is 7. The van der Waals surface area contributed by atoms with Crippen molar-refractivity contribution in [1.82, 2.24) is 8.87 Å². The number of esters is 1. The van der Waals surface area contributed by atoms with Gasteiger partial charge >= 0.3 is 5.97 Å². The van der Waals surface area contributed by atoms with Crippen molar-refractivity contribution in [2.24, 2.45) is 10.9 Å². The zero-order chi connectivity index (χ0) is 25.2. The van der Waals surface area contributed by atoms with Crippen LogP contribution in [-0.2, 0) is 37.3 Å². The van der Waals surface area contributed by atoms with Crippen molar-refractivity contribution >= 4 is 66.4 Å². The Balaban J connectivity index is 1.65. The lowest BCUT2D eigenvalue weighted by atomic mass is 9.99. The number of hydrogen-bond acceptors (Lipinski definition) is 7. The van der Waals surface area contributed by atoms with E-state index in [2.05, 4.69) is 11.9 Å². The van der Waals surface area contributed by atoms with Crippen molar-refractivity contribution < 1.29 is 22.7 Å². The molecule has 0 saturated carbocycles. The summed E-state index contributed by atoms with van der Waals surface area (Å²) in [5.74, 6) is -1.37. The number of aromatic nitrogens is 1. The molecule has 35 heavy (non-hydrogen) atoms. The fourth-order valence-electron chi connectivity index (χ4n) is 4.02. The van der Waals surface area contributed by atoms with Gasteiger partial charge in [-0.1, -0.05) is 35.9 Å². The molecule has 3 heterocycles. The summed E-state index contributed by atoms with van der Waals surface area (Å²) < 4.78 is 35.7. The molecule has 1 saturated heterocycles. The Morgan fingerprint density at radius 1 is 1.20 bits per heavy atom. The molecule has 0 spiro atoms. The predicted octanol–water partition coefficient (Wildman–Crippen LogP) is 4.07. The zero-order valence-electron chi connectivity index (χ0n) is 19.4. The molecular formula is C23H26ClN3O5S3. The lowest BCUT2D eigenvalue weighted by Crippen LogP contribution is -2.42. The SMILES string of the molecule is CCOC(=O)Cn1c(=NC(=O)C2CCCN(S(=O)(=O)c3ccc(Cl)s3)C2)sc2cc(CC)ccc21. The van der Waals surface area contributed by atoms with Gasteiger partial charge in [0.15, 0.2) is 4.80 Å². The van der Waals surface area contributed by atoms with Gasteiger partial charge in [-0.3, -0.25) is 9.59 Å². The maximum atomic E-state index is 13.2. The first-order valence-electron chi connectivity index (χ1n) is 11.3. The van der Waals surface area contributed by atoms with Crippen LogP contribution in [0.4, 0.5) is 0 Å². The molecule has 1 amide bonds. The minimum Gasteiger partial charge on any atom is -0.465 e. The van der Waals surface area contributed by atoms with Crippen molar-refractivity contribution in [3.63, 3.8) is 0 Å². The Morgan fingerprint density at radius 2 is 2.00 bits per heavy atom. The van der Waals surface area contributed by atoms with Crippen LogP contribution in [0.2, 0.25) is 4.34 Å². The first-order chi connectivity index (χ1) is 16.7. The summed E-state index contributed by atoms with van der Waals surface area (Å²) in [5, 5.41) is 0. The van der Waals surface area contributed by atoms with Gasteiger partial charge in [-0.05, 0) is 56.0 Å². The number of piperidine rings is 1. The van der Waals surface area contributed by atoms with E-state index in [4.69, 9.17) is 16.3 Å². The monoisotopic (exact) mass is 555 g/mol. The van der Waals surface area contributed by atoms with Gasteiger partial charge in [-0.25, -0.2) is 8.42 Å². The fraction of sp³-hybridized carbons (Fsp3) is 0.435. The molecule has 1 fully saturated rings. The molecule has 3 aromatic rings. The van der Waals surface area contributed by atoms with Crippen molar-refractivity contribution in [1.29, 1.82) is 0 Å². The summed E-state index contributed by atoms with van der Waals surface area (Å²) in [4.78, 5) is 30.3. The molecule has 188 valence electrons. The van der Waals surface area contributed by atoms with E-state index in [9.17, 15) is 18.0 Å². The number of ether oxygens (including phenoxy) is 1. The second kappa shape index (κ2) is 10.9. The van der Waals surface area contributed by atoms with Crippen LogP contribution in [0.3, 0.4) is 0 Å². The van der Waals surface area contributed by atoms with Crippen molar-refractivity contribution in [3.8, 4) is 0 Å².